The number of ketones is 1. The molecule has 2 aromatic rings. The standard InChI is InChI=1S/C24H26ClNO4/c1-2-13-30-24-15-23(29)20(14-18(24)16-26-11-9-19(27)10-12-26)22(28)8-7-17-5-3-4-6-21(17)25/h2-8,14-15,19,27,29H,1,9-13,16H2/b8-7+. The highest BCUT2D eigenvalue weighted by atomic mass is 35.5. The molecule has 5 nitrogen and oxygen atoms in total. The Hall–Kier alpha value is -2.60. The van der Waals surface area contributed by atoms with E-state index in [0.29, 0.717) is 36.8 Å². The van der Waals surface area contributed by atoms with Crippen molar-refractivity contribution in [3.8, 4) is 11.5 Å². The van der Waals surface area contributed by atoms with Crippen molar-refractivity contribution in [2.24, 2.45) is 0 Å². The highest BCUT2D eigenvalue weighted by Crippen LogP contribution is 2.31. The largest absolute Gasteiger partial charge is 0.507 e. The van der Waals surface area contributed by atoms with Crippen LogP contribution in [-0.4, -0.2) is 46.7 Å². The number of likely N-dealkylation sites (tertiary alicyclic amines) is 1. The summed E-state index contributed by atoms with van der Waals surface area (Å²) in [5.41, 5.74) is 1.74. The number of nitrogens with zero attached hydrogens (tertiary/aromatic N) is 1. The van der Waals surface area contributed by atoms with Crippen LogP contribution < -0.4 is 4.74 Å². The first-order valence-corrected chi connectivity index (χ1v) is 10.3. The van der Waals surface area contributed by atoms with Crippen LogP contribution >= 0.6 is 11.6 Å². The Morgan fingerprint density at radius 3 is 2.70 bits per heavy atom. The van der Waals surface area contributed by atoms with Crippen LogP contribution in [0.2, 0.25) is 5.02 Å². The normalized spacial score (nSPS) is 15.4. The number of hydrogen-bond acceptors (Lipinski definition) is 5. The van der Waals surface area contributed by atoms with Crippen LogP contribution in [0, 0.1) is 0 Å². The van der Waals surface area contributed by atoms with Crippen LogP contribution in [0.1, 0.15) is 34.3 Å². The number of piperidine rings is 1. The average Bonchev–Trinajstić information content (AvgIpc) is 2.74. The lowest BCUT2D eigenvalue weighted by atomic mass is 10.0. The Kier molecular flexibility index (Phi) is 7.69. The summed E-state index contributed by atoms with van der Waals surface area (Å²) in [6.45, 7) is 6.04. The van der Waals surface area contributed by atoms with Gasteiger partial charge in [-0.2, -0.15) is 0 Å². The Labute approximate surface area is 181 Å². The van der Waals surface area contributed by atoms with Crippen LogP contribution in [0.15, 0.2) is 55.1 Å². The van der Waals surface area contributed by atoms with E-state index in [-0.39, 0.29) is 23.2 Å². The minimum Gasteiger partial charge on any atom is -0.507 e. The number of aromatic hydroxyl groups is 1. The summed E-state index contributed by atoms with van der Waals surface area (Å²) in [5.74, 6) is 0.0591. The number of carbonyl (C=O) groups excluding carboxylic acids is 1. The van der Waals surface area contributed by atoms with Crippen molar-refractivity contribution in [1.82, 2.24) is 4.90 Å². The van der Waals surface area contributed by atoms with Gasteiger partial charge in [-0.25, -0.2) is 0 Å². The first kappa shape index (κ1) is 22.1. The topological polar surface area (TPSA) is 70.0 Å². The number of allylic oxidation sites excluding steroid dienone is 1. The number of ether oxygens (including phenoxy) is 1. The van der Waals surface area contributed by atoms with E-state index in [2.05, 4.69) is 11.5 Å². The van der Waals surface area contributed by atoms with E-state index in [1.54, 1.807) is 24.3 Å². The number of hydrogen-bond donors (Lipinski definition) is 2. The lowest BCUT2D eigenvalue weighted by Gasteiger charge is -2.30. The Morgan fingerprint density at radius 2 is 2.00 bits per heavy atom. The van der Waals surface area contributed by atoms with E-state index in [1.807, 2.05) is 18.2 Å². The molecule has 30 heavy (non-hydrogen) atoms. The summed E-state index contributed by atoms with van der Waals surface area (Å²) in [6, 6.07) is 10.4. The zero-order valence-electron chi connectivity index (χ0n) is 16.8. The minimum atomic E-state index is -0.321. The second kappa shape index (κ2) is 10.4. The van der Waals surface area contributed by atoms with Gasteiger partial charge in [0.1, 0.15) is 18.1 Å². The van der Waals surface area contributed by atoms with Crippen LogP contribution in [0.4, 0.5) is 0 Å². The summed E-state index contributed by atoms with van der Waals surface area (Å²) < 4.78 is 5.71. The van der Waals surface area contributed by atoms with Crippen LogP contribution in [-0.2, 0) is 6.54 Å². The van der Waals surface area contributed by atoms with Gasteiger partial charge < -0.3 is 14.9 Å². The summed E-state index contributed by atoms with van der Waals surface area (Å²) in [6.07, 6.45) is 5.84. The number of aliphatic hydroxyl groups excluding tert-OH is 1. The molecule has 3 rings (SSSR count). The fourth-order valence-corrected chi connectivity index (χ4v) is 3.60. The van der Waals surface area contributed by atoms with Gasteiger partial charge in [0.25, 0.3) is 0 Å². The second-order valence-electron chi connectivity index (χ2n) is 7.30. The number of halogens is 1. The predicted octanol–water partition coefficient (Wildman–Crippen LogP) is 4.46. The van der Waals surface area contributed by atoms with Gasteiger partial charge in [0.05, 0.1) is 11.7 Å². The molecule has 0 atom stereocenters. The van der Waals surface area contributed by atoms with E-state index in [1.165, 1.54) is 12.1 Å². The molecular formula is C24H26ClNO4. The molecule has 0 bridgehead atoms. The monoisotopic (exact) mass is 427 g/mol. The molecule has 0 radical (unpaired) electrons. The van der Waals surface area contributed by atoms with E-state index in [4.69, 9.17) is 16.3 Å². The lowest BCUT2D eigenvalue weighted by Crippen LogP contribution is -2.35. The number of aliphatic hydroxyl groups is 1. The van der Waals surface area contributed by atoms with Crippen molar-refractivity contribution in [2.45, 2.75) is 25.5 Å². The van der Waals surface area contributed by atoms with E-state index in [9.17, 15) is 15.0 Å². The van der Waals surface area contributed by atoms with Gasteiger partial charge >= 0.3 is 0 Å². The number of phenolic OH excluding ortho intramolecular Hbond substituents is 1. The van der Waals surface area contributed by atoms with Gasteiger partial charge in [0, 0.05) is 36.3 Å². The summed E-state index contributed by atoms with van der Waals surface area (Å²) in [4.78, 5) is 15.0. The smallest absolute Gasteiger partial charge is 0.189 e. The zero-order chi connectivity index (χ0) is 21.5. The van der Waals surface area contributed by atoms with Crippen molar-refractivity contribution in [3.63, 3.8) is 0 Å². The Morgan fingerprint density at radius 1 is 1.27 bits per heavy atom. The molecule has 0 aromatic heterocycles. The molecule has 1 saturated heterocycles. The Balaban J connectivity index is 1.85. The van der Waals surface area contributed by atoms with Crippen molar-refractivity contribution < 1.29 is 19.7 Å². The zero-order valence-corrected chi connectivity index (χ0v) is 17.5. The first-order chi connectivity index (χ1) is 14.5. The van der Waals surface area contributed by atoms with E-state index < -0.39 is 0 Å². The number of phenols is 1. The number of carbonyl (C=O) groups is 1. The van der Waals surface area contributed by atoms with E-state index >= 15 is 0 Å². The molecule has 0 unspecified atom stereocenters. The van der Waals surface area contributed by atoms with Crippen molar-refractivity contribution in [1.29, 1.82) is 0 Å². The maximum absolute atomic E-state index is 12.8. The third kappa shape index (κ3) is 5.72. The third-order valence-corrected chi connectivity index (χ3v) is 5.42. The molecule has 0 spiro atoms. The van der Waals surface area contributed by atoms with Gasteiger partial charge in [-0.3, -0.25) is 9.69 Å². The Bertz CT molecular complexity index is 933. The molecule has 1 fully saturated rings. The van der Waals surface area contributed by atoms with Gasteiger partial charge in [-0.1, -0.05) is 42.5 Å². The first-order valence-electron chi connectivity index (χ1n) is 9.95. The molecule has 158 valence electrons. The van der Waals surface area contributed by atoms with Gasteiger partial charge in [-0.15, -0.1) is 0 Å². The molecule has 1 aliphatic heterocycles. The molecule has 0 aliphatic carbocycles. The quantitative estimate of drug-likeness (QED) is 0.369. The highest BCUT2D eigenvalue weighted by molar-refractivity contribution is 6.32. The fourth-order valence-electron chi connectivity index (χ4n) is 3.40. The van der Waals surface area contributed by atoms with Gasteiger partial charge in [0.15, 0.2) is 5.78 Å². The van der Waals surface area contributed by atoms with Crippen molar-refractivity contribution in [3.05, 3.63) is 76.8 Å². The number of rotatable bonds is 8. The van der Waals surface area contributed by atoms with Crippen LogP contribution in [0.3, 0.4) is 0 Å². The minimum absolute atomic E-state index is 0.138. The van der Waals surface area contributed by atoms with Crippen LogP contribution in [0.5, 0.6) is 11.5 Å². The van der Waals surface area contributed by atoms with E-state index in [0.717, 1.165) is 24.2 Å². The summed E-state index contributed by atoms with van der Waals surface area (Å²) in [5, 5.41) is 20.7. The predicted molar refractivity (Wildman–Crippen MR) is 119 cm³/mol. The molecule has 2 aromatic carbocycles. The molecule has 1 heterocycles. The SMILES string of the molecule is C=CCOc1cc(O)c(C(=O)/C=C/c2ccccc2Cl)cc1CN1CCC(O)CC1. The summed E-state index contributed by atoms with van der Waals surface area (Å²) in [7, 11) is 0. The van der Waals surface area contributed by atoms with Crippen molar-refractivity contribution in [2.75, 3.05) is 19.7 Å². The maximum atomic E-state index is 12.8. The highest BCUT2D eigenvalue weighted by Gasteiger charge is 2.20. The number of benzene rings is 2. The maximum Gasteiger partial charge on any atom is 0.189 e. The average molecular weight is 428 g/mol. The fraction of sp³-hybridized carbons (Fsp3) is 0.292. The van der Waals surface area contributed by atoms with Crippen molar-refractivity contribution >= 4 is 23.5 Å². The third-order valence-electron chi connectivity index (χ3n) is 5.07. The molecule has 0 amide bonds. The van der Waals surface area contributed by atoms with Gasteiger partial charge in [-0.05, 0) is 42.7 Å². The molecule has 6 heteroatoms. The molecule has 1 aliphatic rings. The molecular weight excluding hydrogens is 402 g/mol. The van der Waals surface area contributed by atoms with Gasteiger partial charge in [0.2, 0.25) is 0 Å². The molecule has 2 N–H and O–H groups in total. The van der Waals surface area contributed by atoms with Crippen LogP contribution in [0.25, 0.3) is 6.08 Å². The summed E-state index contributed by atoms with van der Waals surface area (Å²) >= 11 is 6.14. The second-order valence-corrected chi connectivity index (χ2v) is 7.71. The molecule has 0 saturated carbocycles. The lowest BCUT2D eigenvalue weighted by molar-refractivity contribution is 0.0788.